The second kappa shape index (κ2) is 4.45. The van der Waals surface area contributed by atoms with Crippen LogP contribution in [0.4, 0.5) is 0 Å². The van der Waals surface area contributed by atoms with Gasteiger partial charge in [-0.2, -0.15) is 0 Å². The van der Waals surface area contributed by atoms with E-state index in [2.05, 4.69) is 0 Å². The van der Waals surface area contributed by atoms with Gasteiger partial charge >= 0.3 is 11.9 Å². The highest BCUT2D eigenvalue weighted by Gasteiger charge is 2.61. The standard InChI is InChI=1S/C11H15ClO4/c1-4-16-10(15)7(12)5-6-8(9(13)14)11(6,2)3/h5-6,8H,4H2,1-3H3,(H,13,14)/b7-5-/t6-,8-/m1/s1. The van der Waals surface area contributed by atoms with Gasteiger partial charge in [0.2, 0.25) is 0 Å². The largest absolute Gasteiger partial charge is 0.481 e. The molecule has 5 heteroatoms. The molecule has 90 valence electrons. The summed E-state index contributed by atoms with van der Waals surface area (Å²) in [6.07, 6.45) is 1.48. The Morgan fingerprint density at radius 3 is 2.44 bits per heavy atom. The number of carboxylic acids is 1. The fourth-order valence-electron chi connectivity index (χ4n) is 1.89. The lowest BCUT2D eigenvalue weighted by Crippen LogP contribution is -2.04. The van der Waals surface area contributed by atoms with Crippen LogP contribution in [0.15, 0.2) is 11.1 Å². The highest BCUT2D eigenvalue weighted by Crippen LogP contribution is 2.59. The molecule has 1 saturated carbocycles. The summed E-state index contributed by atoms with van der Waals surface area (Å²) in [5.74, 6) is -2.15. The SMILES string of the molecule is CCOC(=O)/C(Cl)=C/[C@@H]1[C@H](C(=O)O)C1(C)C. The summed E-state index contributed by atoms with van der Waals surface area (Å²) in [4.78, 5) is 22.1. The summed E-state index contributed by atoms with van der Waals surface area (Å²) >= 11 is 5.74. The Balaban J connectivity index is 2.72. The van der Waals surface area contributed by atoms with Gasteiger partial charge in [-0.3, -0.25) is 4.79 Å². The Hall–Kier alpha value is -1.03. The molecule has 1 N–H and O–H groups in total. The number of ether oxygens (including phenoxy) is 1. The molecule has 2 atom stereocenters. The van der Waals surface area contributed by atoms with E-state index in [1.54, 1.807) is 6.92 Å². The Kier molecular flexibility index (Phi) is 3.63. The first-order chi connectivity index (χ1) is 7.32. The van der Waals surface area contributed by atoms with Crippen LogP contribution in [-0.4, -0.2) is 23.7 Å². The molecule has 0 heterocycles. The van der Waals surface area contributed by atoms with Gasteiger partial charge in [-0.15, -0.1) is 0 Å². The molecular formula is C11H15ClO4. The van der Waals surface area contributed by atoms with Gasteiger partial charge in [-0.1, -0.05) is 31.5 Å². The number of carbonyl (C=O) groups is 2. The molecule has 0 aliphatic heterocycles. The topological polar surface area (TPSA) is 63.6 Å². The minimum absolute atomic E-state index is 0.0383. The lowest BCUT2D eigenvalue weighted by atomic mass is 10.1. The predicted molar refractivity (Wildman–Crippen MR) is 59.0 cm³/mol. The van der Waals surface area contributed by atoms with Gasteiger partial charge in [0.15, 0.2) is 0 Å². The Bertz CT molecular complexity index is 346. The average Bonchev–Trinajstić information content (AvgIpc) is 2.68. The minimum atomic E-state index is -0.862. The average molecular weight is 247 g/mol. The molecule has 0 bridgehead atoms. The van der Waals surface area contributed by atoms with Gasteiger partial charge in [-0.05, 0) is 18.3 Å². The van der Waals surface area contributed by atoms with Crippen molar-refractivity contribution in [3.8, 4) is 0 Å². The van der Waals surface area contributed by atoms with Crippen molar-refractivity contribution in [1.82, 2.24) is 0 Å². The van der Waals surface area contributed by atoms with E-state index in [0.29, 0.717) is 0 Å². The number of carbonyl (C=O) groups excluding carboxylic acids is 1. The van der Waals surface area contributed by atoms with Crippen molar-refractivity contribution in [3.63, 3.8) is 0 Å². The Morgan fingerprint density at radius 2 is 2.06 bits per heavy atom. The fourth-order valence-corrected chi connectivity index (χ4v) is 2.08. The van der Waals surface area contributed by atoms with Crippen molar-refractivity contribution < 1.29 is 19.4 Å². The summed E-state index contributed by atoms with van der Waals surface area (Å²) in [5, 5.41) is 8.89. The smallest absolute Gasteiger partial charge is 0.349 e. The molecule has 0 aromatic rings. The third-order valence-electron chi connectivity index (χ3n) is 2.97. The van der Waals surface area contributed by atoms with Crippen molar-refractivity contribution in [2.24, 2.45) is 17.3 Å². The van der Waals surface area contributed by atoms with E-state index in [0.717, 1.165) is 0 Å². The highest BCUT2D eigenvalue weighted by molar-refractivity contribution is 6.41. The van der Waals surface area contributed by atoms with Crippen LogP contribution in [0.25, 0.3) is 0 Å². The van der Waals surface area contributed by atoms with Crippen LogP contribution >= 0.6 is 11.6 Å². The zero-order valence-electron chi connectivity index (χ0n) is 9.49. The summed E-state index contributed by atoms with van der Waals surface area (Å²) in [5.41, 5.74) is -0.349. The number of allylic oxidation sites excluding steroid dienone is 1. The first-order valence-corrected chi connectivity index (χ1v) is 5.47. The second-order valence-corrected chi connectivity index (χ2v) is 4.81. The predicted octanol–water partition coefficient (Wildman–Crippen LogP) is 2.03. The molecular weight excluding hydrogens is 232 g/mol. The maximum Gasteiger partial charge on any atom is 0.349 e. The van der Waals surface area contributed by atoms with Crippen molar-refractivity contribution in [2.45, 2.75) is 20.8 Å². The van der Waals surface area contributed by atoms with Crippen molar-refractivity contribution in [1.29, 1.82) is 0 Å². The third-order valence-corrected chi connectivity index (χ3v) is 3.25. The van der Waals surface area contributed by atoms with Gasteiger partial charge in [0, 0.05) is 0 Å². The van der Waals surface area contributed by atoms with Crippen LogP contribution in [0.1, 0.15) is 20.8 Å². The van der Waals surface area contributed by atoms with Crippen LogP contribution in [0.3, 0.4) is 0 Å². The van der Waals surface area contributed by atoms with E-state index >= 15 is 0 Å². The molecule has 0 aromatic heterocycles. The molecule has 0 spiro atoms. The third kappa shape index (κ3) is 2.38. The van der Waals surface area contributed by atoms with Gasteiger partial charge < -0.3 is 9.84 Å². The molecule has 0 aromatic carbocycles. The van der Waals surface area contributed by atoms with Crippen LogP contribution in [0, 0.1) is 17.3 Å². The maximum absolute atomic E-state index is 11.2. The van der Waals surface area contributed by atoms with Gasteiger partial charge in [0.25, 0.3) is 0 Å². The van der Waals surface area contributed by atoms with E-state index in [1.165, 1.54) is 6.08 Å². The molecule has 1 fully saturated rings. The number of rotatable bonds is 4. The number of carboxylic acid groups (broad SMARTS) is 1. The van der Waals surface area contributed by atoms with Crippen molar-refractivity contribution in [2.75, 3.05) is 6.61 Å². The summed E-state index contributed by atoms with van der Waals surface area (Å²) in [6, 6.07) is 0. The monoisotopic (exact) mass is 246 g/mol. The van der Waals surface area contributed by atoms with E-state index in [9.17, 15) is 9.59 Å². The number of hydrogen-bond acceptors (Lipinski definition) is 3. The molecule has 0 saturated heterocycles. The molecule has 1 aliphatic rings. The van der Waals surface area contributed by atoms with Crippen molar-refractivity contribution in [3.05, 3.63) is 11.1 Å². The zero-order valence-corrected chi connectivity index (χ0v) is 10.2. The van der Waals surface area contributed by atoms with E-state index in [1.807, 2.05) is 13.8 Å². The normalized spacial score (nSPS) is 27.4. The summed E-state index contributed by atoms with van der Waals surface area (Å²) < 4.78 is 4.71. The van der Waals surface area contributed by atoms with Gasteiger partial charge in [-0.25, -0.2) is 4.79 Å². The van der Waals surface area contributed by atoms with E-state index in [-0.39, 0.29) is 23.0 Å². The van der Waals surface area contributed by atoms with Crippen LogP contribution in [0.2, 0.25) is 0 Å². The first-order valence-electron chi connectivity index (χ1n) is 5.09. The molecule has 1 aliphatic carbocycles. The Morgan fingerprint density at radius 1 is 1.50 bits per heavy atom. The van der Waals surface area contributed by atoms with Crippen LogP contribution < -0.4 is 0 Å². The number of esters is 1. The highest BCUT2D eigenvalue weighted by atomic mass is 35.5. The number of halogens is 1. The maximum atomic E-state index is 11.2. The van der Waals surface area contributed by atoms with Crippen LogP contribution in [0.5, 0.6) is 0 Å². The molecule has 0 unspecified atom stereocenters. The van der Waals surface area contributed by atoms with Gasteiger partial charge in [0.05, 0.1) is 12.5 Å². The van der Waals surface area contributed by atoms with E-state index < -0.39 is 17.9 Å². The second-order valence-electron chi connectivity index (χ2n) is 4.40. The molecule has 4 nitrogen and oxygen atoms in total. The summed E-state index contributed by atoms with van der Waals surface area (Å²) in [7, 11) is 0. The first kappa shape index (κ1) is 13.0. The fraction of sp³-hybridized carbons (Fsp3) is 0.636. The minimum Gasteiger partial charge on any atom is -0.481 e. The van der Waals surface area contributed by atoms with Crippen molar-refractivity contribution >= 4 is 23.5 Å². The molecule has 16 heavy (non-hydrogen) atoms. The lowest BCUT2D eigenvalue weighted by molar-refractivity contribution is -0.140. The van der Waals surface area contributed by atoms with Crippen LogP contribution in [-0.2, 0) is 14.3 Å². The Labute approximate surface area is 99.2 Å². The quantitative estimate of drug-likeness (QED) is 0.609. The summed E-state index contributed by atoms with van der Waals surface area (Å²) in [6.45, 7) is 5.60. The number of hydrogen-bond donors (Lipinski definition) is 1. The molecule has 0 amide bonds. The number of aliphatic carboxylic acids is 1. The zero-order chi connectivity index (χ0) is 12.5. The van der Waals surface area contributed by atoms with E-state index in [4.69, 9.17) is 21.4 Å². The van der Waals surface area contributed by atoms with Gasteiger partial charge in [0.1, 0.15) is 5.03 Å². The molecule has 1 rings (SSSR count). The lowest BCUT2D eigenvalue weighted by Gasteiger charge is -2.00. The molecule has 0 radical (unpaired) electrons.